The van der Waals surface area contributed by atoms with Gasteiger partial charge in [-0.15, -0.1) is 0 Å². The van der Waals surface area contributed by atoms with E-state index in [2.05, 4.69) is 31.9 Å². The van der Waals surface area contributed by atoms with Crippen LogP contribution in [-0.4, -0.2) is 27.9 Å². The minimum absolute atomic E-state index is 0.218. The zero-order valence-corrected chi connectivity index (χ0v) is 16.6. The minimum Gasteiger partial charge on any atom is -0.214 e. The third-order valence-corrected chi connectivity index (χ3v) is 8.02. The van der Waals surface area contributed by atoms with E-state index in [1.54, 1.807) is 0 Å². The van der Waals surface area contributed by atoms with Crippen LogP contribution in [0, 0.1) is 0 Å². The third-order valence-electron chi connectivity index (χ3n) is 3.13. The summed E-state index contributed by atoms with van der Waals surface area (Å²) in [5.74, 6) is 0. The fraction of sp³-hybridized carbons (Fsp3) is 0.167. The Morgan fingerprint density at radius 2 is 0.885 bits per heavy atom. The van der Waals surface area contributed by atoms with Crippen molar-refractivity contribution in [2.24, 2.45) is 0 Å². The van der Waals surface area contributed by atoms with Gasteiger partial charge in [-0.05, 0) is 66.9 Å². The van der Waals surface area contributed by atoms with Gasteiger partial charge in [0, 0.05) is 8.95 Å². The van der Waals surface area contributed by atoms with Gasteiger partial charge in [0.05, 0.1) is 9.79 Å². The lowest BCUT2D eigenvalue weighted by Gasteiger charge is -2.13. The molecule has 0 amide bonds. The normalized spacial score (nSPS) is 14.0. The Hall–Kier alpha value is -0.860. The van der Waals surface area contributed by atoms with Crippen LogP contribution in [0.5, 0.6) is 0 Å². The predicted molar refractivity (Wildman–Crippen MR) is 85.8 cm³/mol. The quantitative estimate of drug-likeness (QED) is 0.497. The Bertz CT molecular complexity index is 1020. The summed E-state index contributed by atoms with van der Waals surface area (Å²) in [6.07, 6.45) is 0. The Morgan fingerprint density at radius 3 is 1.12 bits per heavy atom. The lowest BCUT2D eigenvalue weighted by Crippen LogP contribution is -2.24. The van der Waals surface area contributed by atoms with Gasteiger partial charge in [-0.25, -0.2) is 16.8 Å². The fourth-order valence-corrected chi connectivity index (χ4v) is 5.61. The maximum atomic E-state index is 12.7. The zero-order valence-electron chi connectivity index (χ0n) is 11.8. The predicted octanol–water partition coefficient (Wildman–Crippen LogP) is 4.95. The van der Waals surface area contributed by atoms with Crippen molar-refractivity contribution in [3.05, 3.63) is 33.2 Å². The molecule has 0 aromatic heterocycles. The molecular weight excluding hydrogens is 546 g/mol. The number of fused-ring (bicyclic) bond motifs is 1. The fourth-order valence-electron chi connectivity index (χ4n) is 1.91. The van der Waals surface area contributed by atoms with Gasteiger partial charge >= 0.3 is 11.0 Å². The first-order valence-corrected chi connectivity index (χ1v) is 10.6. The summed E-state index contributed by atoms with van der Waals surface area (Å²) in [6.45, 7) is 0. The van der Waals surface area contributed by atoms with Crippen molar-refractivity contribution in [2.75, 3.05) is 0 Å². The molecule has 2 rings (SSSR count). The Kier molecular flexibility index (Phi) is 5.23. The third kappa shape index (κ3) is 3.47. The van der Waals surface area contributed by atoms with Crippen molar-refractivity contribution in [1.29, 1.82) is 0 Å². The second kappa shape index (κ2) is 6.34. The number of sulfone groups is 2. The summed E-state index contributed by atoms with van der Waals surface area (Å²) >= 11 is 5.23. The van der Waals surface area contributed by atoms with Crippen molar-refractivity contribution < 1.29 is 43.2 Å². The lowest BCUT2D eigenvalue weighted by atomic mass is 10.1. The molecule has 0 fully saturated rings. The van der Waals surface area contributed by atoms with Gasteiger partial charge in [-0.2, -0.15) is 26.3 Å². The van der Waals surface area contributed by atoms with Gasteiger partial charge in [0.15, 0.2) is 0 Å². The van der Waals surface area contributed by atoms with Crippen LogP contribution in [0.15, 0.2) is 43.0 Å². The lowest BCUT2D eigenvalue weighted by molar-refractivity contribution is -0.0442. The topological polar surface area (TPSA) is 68.3 Å². The summed E-state index contributed by atoms with van der Waals surface area (Å²) in [6, 6.07) is 2.74. The highest BCUT2D eigenvalue weighted by atomic mass is 79.9. The molecule has 0 atom stereocenters. The maximum absolute atomic E-state index is 12.7. The van der Waals surface area contributed by atoms with E-state index >= 15 is 0 Å². The number of alkyl halides is 6. The number of rotatable bonds is 2. The molecule has 0 spiro atoms. The highest BCUT2D eigenvalue weighted by molar-refractivity contribution is 9.10. The molecule has 14 heteroatoms. The number of benzene rings is 2. The second-order valence-electron chi connectivity index (χ2n) is 4.81. The zero-order chi connectivity index (χ0) is 20.3. The molecule has 0 heterocycles. The van der Waals surface area contributed by atoms with Crippen molar-refractivity contribution in [1.82, 2.24) is 0 Å². The first-order chi connectivity index (χ1) is 11.5. The van der Waals surface area contributed by atoms with Gasteiger partial charge in [0.2, 0.25) is 0 Å². The number of hydrogen-bond donors (Lipinski definition) is 0. The summed E-state index contributed by atoms with van der Waals surface area (Å²) in [5, 5.41) is -0.437. The summed E-state index contributed by atoms with van der Waals surface area (Å²) in [7, 11) is -11.5. The summed E-state index contributed by atoms with van der Waals surface area (Å²) < 4.78 is 121. The average Bonchev–Trinajstić information content (AvgIpc) is 2.43. The molecule has 0 saturated carbocycles. The van der Waals surface area contributed by atoms with Crippen LogP contribution >= 0.6 is 31.9 Å². The van der Waals surface area contributed by atoms with Crippen molar-refractivity contribution >= 4 is 62.3 Å². The average molecular weight is 550 g/mol. The van der Waals surface area contributed by atoms with E-state index in [1.807, 2.05) is 0 Å². The monoisotopic (exact) mass is 548 g/mol. The Morgan fingerprint density at radius 1 is 0.615 bits per heavy atom. The van der Waals surface area contributed by atoms with Crippen LogP contribution in [0.2, 0.25) is 0 Å². The first-order valence-electron chi connectivity index (χ1n) is 6.05. The van der Waals surface area contributed by atoms with Crippen LogP contribution in [0.25, 0.3) is 10.8 Å². The molecule has 0 saturated heterocycles. The number of halogens is 8. The Labute approximate surface area is 159 Å². The SMILES string of the molecule is O=S(=O)(c1cc2cc(Br)c(S(=O)(=O)C(F)(F)F)cc2cc1Br)C(F)(F)F. The van der Waals surface area contributed by atoms with Gasteiger partial charge < -0.3 is 0 Å². The summed E-state index contributed by atoms with van der Waals surface area (Å²) in [5.41, 5.74) is -11.2. The van der Waals surface area contributed by atoms with Gasteiger partial charge in [0.1, 0.15) is 0 Å². The highest BCUT2D eigenvalue weighted by Crippen LogP contribution is 2.40. The summed E-state index contributed by atoms with van der Waals surface area (Å²) in [4.78, 5) is -2.31. The molecule has 0 aliphatic rings. The molecule has 26 heavy (non-hydrogen) atoms. The molecule has 0 radical (unpaired) electrons. The van der Waals surface area contributed by atoms with Crippen LogP contribution in [0.3, 0.4) is 0 Å². The van der Waals surface area contributed by atoms with E-state index in [-0.39, 0.29) is 10.8 Å². The van der Waals surface area contributed by atoms with Crippen LogP contribution in [0.1, 0.15) is 0 Å². The molecule has 4 nitrogen and oxygen atoms in total. The standard InChI is InChI=1S/C12H4Br2F6O4S2/c13-7-1-5-3-10(26(23,24)12(18,19)20)8(14)2-6(5)4-9(7)25(21,22)11(15,16)17/h1-4H. The van der Waals surface area contributed by atoms with Crippen LogP contribution in [-0.2, 0) is 19.7 Å². The van der Waals surface area contributed by atoms with E-state index in [4.69, 9.17) is 0 Å². The number of hydrogen-bond acceptors (Lipinski definition) is 4. The molecule has 0 N–H and O–H groups in total. The van der Waals surface area contributed by atoms with E-state index in [1.165, 1.54) is 0 Å². The van der Waals surface area contributed by atoms with Gasteiger partial charge in [-0.1, -0.05) is 0 Å². The van der Waals surface area contributed by atoms with E-state index < -0.39 is 49.4 Å². The van der Waals surface area contributed by atoms with Gasteiger partial charge in [0.25, 0.3) is 19.7 Å². The van der Waals surface area contributed by atoms with E-state index in [9.17, 15) is 43.2 Å². The van der Waals surface area contributed by atoms with E-state index in [0.717, 1.165) is 12.1 Å². The van der Waals surface area contributed by atoms with Crippen molar-refractivity contribution in [2.45, 2.75) is 20.8 Å². The second-order valence-corrected chi connectivity index (χ2v) is 10.3. The van der Waals surface area contributed by atoms with Crippen LogP contribution < -0.4 is 0 Å². The molecule has 2 aromatic rings. The Balaban J connectivity index is 2.83. The van der Waals surface area contributed by atoms with E-state index in [0.29, 0.717) is 12.1 Å². The molecular formula is C12H4Br2F6O4S2. The molecule has 0 aliphatic carbocycles. The minimum atomic E-state index is -5.73. The smallest absolute Gasteiger partial charge is 0.214 e. The van der Waals surface area contributed by atoms with Crippen molar-refractivity contribution in [3.63, 3.8) is 0 Å². The molecule has 2 aromatic carbocycles. The molecule has 0 unspecified atom stereocenters. The largest absolute Gasteiger partial charge is 0.501 e. The molecule has 0 bridgehead atoms. The molecule has 0 aliphatic heterocycles. The maximum Gasteiger partial charge on any atom is 0.501 e. The van der Waals surface area contributed by atoms with Gasteiger partial charge in [-0.3, -0.25) is 0 Å². The first kappa shape index (κ1) is 21.4. The van der Waals surface area contributed by atoms with Crippen LogP contribution in [0.4, 0.5) is 26.3 Å². The molecule has 144 valence electrons. The van der Waals surface area contributed by atoms with Crippen molar-refractivity contribution in [3.8, 4) is 0 Å². The highest BCUT2D eigenvalue weighted by Gasteiger charge is 2.49.